The molecular formula is C20H19N7O. The molecule has 0 spiro atoms. The van der Waals surface area contributed by atoms with Gasteiger partial charge in [-0.3, -0.25) is 9.78 Å². The third-order valence-electron chi connectivity index (χ3n) is 5.01. The van der Waals surface area contributed by atoms with Crippen LogP contribution in [-0.4, -0.2) is 31.0 Å². The molecule has 0 aliphatic heterocycles. The van der Waals surface area contributed by atoms with E-state index < -0.39 is 0 Å². The maximum Gasteiger partial charge on any atom is 0.267 e. The van der Waals surface area contributed by atoms with Crippen LogP contribution in [0.1, 0.15) is 37.3 Å². The quantitative estimate of drug-likeness (QED) is 0.748. The molecule has 3 aromatic rings. The lowest BCUT2D eigenvalue weighted by Crippen LogP contribution is -2.33. The minimum atomic E-state index is -0.0928. The average Bonchev–Trinajstić information content (AvgIpc) is 2.76. The number of nitrogens with one attached hydrogen (secondary N) is 1. The molecule has 1 fully saturated rings. The maximum atomic E-state index is 12.4. The first-order valence-corrected chi connectivity index (χ1v) is 9.23. The molecule has 0 atom stereocenters. The summed E-state index contributed by atoms with van der Waals surface area (Å²) in [6, 6.07) is 11.1. The van der Waals surface area contributed by atoms with Gasteiger partial charge in [0, 0.05) is 30.1 Å². The predicted octanol–water partition coefficient (Wildman–Crippen LogP) is 2.56. The van der Waals surface area contributed by atoms with Gasteiger partial charge in [0.05, 0.1) is 23.5 Å². The molecule has 8 heteroatoms. The van der Waals surface area contributed by atoms with E-state index in [1.807, 2.05) is 12.1 Å². The zero-order valence-corrected chi connectivity index (χ0v) is 15.2. The van der Waals surface area contributed by atoms with Crippen molar-refractivity contribution < 1.29 is 0 Å². The first-order chi connectivity index (χ1) is 13.7. The van der Waals surface area contributed by atoms with Crippen LogP contribution in [0.15, 0.2) is 53.7 Å². The molecule has 8 nitrogen and oxygen atoms in total. The Bertz CT molecular complexity index is 1050. The fourth-order valence-electron chi connectivity index (χ4n) is 3.54. The SMILES string of the molecule is N#Cc1ccnnc1NC1CCC(n2nc(-c3cccnc3)ccc2=O)CC1. The number of nitrogens with zero attached hydrogens (tertiary/aromatic N) is 6. The normalized spacial score (nSPS) is 19.0. The molecule has 140 valence electrons. The van der Waals surface area contributed by atoms with Gasteiger partial charge in [0.15, 0.2) is 5.82 Å². The van der Waals surface area contributed by atoms with Gasteiger partial charge in [-0.2, -0.15) is 15.5 Å². The monoisotopic (exact) mass is 373 g/mol. The van der Waals surface area contributed by atoms with Crippen molar-refractivity contribution >= 4 is 5.82 Å². The molecule has 0 bridgehead atoms. The highest BCUT2D eigenvalue weighted by molar-refractivity contribution is 5.56. The highest BCUT2D eigenvalue weighted by Crippen LogP contribution is 2.29. The zero-order valence-electron chi connectivity index (χ0n) is 15.2. The lowest BCUT2D eigenvalue weighted by Gasteiger charge is -2.30. The summed E-state index contributed by atoms with van der Waals surface area (Å²) in [4.78, 5) is 16.5. The van der Waals surface area contributed by atoms with Crippen LogP contribution in [-0.2, 0) is 0 Å². The largest absolute Gasteiger partial charge is 0.365 e. The van der Waals surface area contributed by atoms with Crippen molar-refractivity contribution in [1.29, 1.82) is 5.26 Å². The van der Waals surface area contributed by atoms with Gasteiger partial charge in [-0.1, -0.05) is 0 Å². The Morgan fingerprint density at radius 1 is 1.11 bits per heavy atom. The lowest BCUT2D eigenvalue weighted by molar-refractivity contribution is 0.304. The second kappa shape index (κ2) is 7.96. The molecule has 0 saturated heterocycles. The minimum Gasteiger partial charge on any atom is -0.365 e. The summed E-state index contributed by atoms with van der Waals surface area (Å²) >= 11 is 0. The molecule has 1 saturated carbocycles. The number of rotatable bonds is 4. The van der Waals surface area contributed by atoms with Crippen molar-refractivity contribution in [2.75, 3.05) is 5.32 Å². The van der Waals surface area contributed by atoms with E-state index in [0.29, 0.717) is 11.4 Å². The van der Waals surface area contributed by atoms with E-state index in [1.165, 1.54) is 6.20 Å². The number of anilines is 1. The predicted molar refractivity (Wildman–Crippen MR) is 103 cm³/mol. The summed E-state index contributed by atoms with van der Waals surface area (Å²) in [7, 11) is 0. The number of hydrogen-bond donors (Lipinski definition) is 1. The van der Waals surface area contributed by atoms with Crippen LogP contribution in [0.5, 0.6) is 0 Å². The van der Waals surface area contributed by atoms with E-state index in [1.54, 1.807) is 35.3 Å². The van der Waals surface area contributed by atoms with Crippen molar-refractivity contribution in [2.24, 2.45) is 0 Å². The Balaban J connectivity index is 1.47. The summed E-state index contributed by atoms with van der Waals surface area (Å²) in [5, 5.41) is 24.9. The van der Waals surface area contributed by atoms with Gasteiger partial charge in [0.25, 0.3) is 5.56 Å². The van der Waals surface area contributed by atoms with Gasteiger partial charge in [0.2, 0.25) is 0 Å². The summed E-state index contributed by atoms with van der Waals surface area (Å²) in [6.07, 6.45) is 8.32. The molecule has 1 aliphatic rings. The molecule has 4 rings (SSSR count). The molecule has 1 N–H and O–H groups in total. The van der Waals surface area contributed by atoms with E-state index >= 15 is 0 Å². The lowest BCUT2D eigenvalue weighted by atomic mass is 9.91. The molecule has 3 heterocycles. The van der Waals surface area contributed by atoms with Crippen molar-refractivity contribution in [3.63, 3.8) is 0 Å². The molecule has 1 aliphatic carbocycles. The Morgan fingerprint density at radius 2 is 1.96 bits per heavy atom. The number of pyridine rings is 1. The van der Waals surface area contributed by atoms with E-state index in [9.17, 15) is 10.1 Å². The van der Waals surface area contributed by atoms with Gasteiger partial charge in [-0.25, -0.2) is 4.68 Å². The number of nitriles is 1. The fourth-order valence-corrected chi connectivity index (χ4v) is 3.54. The van der Waals surface area contributed by atoms with Gasteiger partial charge in [-0.05, 0) is 49.9 Å². The second-order valence-corrected chi connectivity index (χ2v) is 6.80. The zero-order chi connectivity index (χ0) is 19.3. The third-order valence-corrected chi connectivity index (χ3v) is 5.01. The fraction of sp³-hybridized carbons (Fsp3) is 0.300. The molecule has 0 unspecified atom stereocenters. The first kappa shape index (κ1) is 17.8. The van der Waals surface area contributed by atoms with Crippen LogP contribution in [0.3, 0.4) is 0 Å². The van der Waals surface area contributed by atoms with Crippen LogP contribution in [0.25, 0.3) is 11.3 Å². The second-order valence-electron chi connectivity index (χ2n) is 6.80. The number of hydrogen-bond acceptors (Lipinski definition) is 7. The smallest absolute Gasteiger partial charge is 0.267 e. The van der Waals surface area contributed by atoms with Crippen LogP contribution in [0.4, 0.5) is 5.82 Å². The Hall–Kier alpha value is -3.60. The molecule has 28 heavy (non-hydrogen) atoms. The van der Waals surface area contributed by atoms with Crippen molar-refractivity contribution in [2.45, 2.75) is 37.8 Å². The van der Waals surface area contributed by atoms with Gasteiger partial charge in [0.1, 0.15) is 6.07 Å². The van der Waals surface area contributed by atoms with E-state index in [4.69, 9.17) is 0 Å². The Labute approximate surface area is 161 Å². The average molecular weight is 373 g/mol. The summed E-state index contributed by atoms with van der Waals surface area (Å²) in [6.45, 7) is 0. The van der Waals surface area contributed by atoms with Crippen LogP contribution in [0, 0.1) is 11.3 Å². The Morgan fingerprint density at radius 3 is 2.71 bits per heavy atom. The van der Waals surface area contributed by atoms with E-state index in [-0.39, 0.29) is 17.6 Å². The molecular weight excluding hydrogens is 354 g/mol. The van der Waals surface area contributed by atoms with Crippen molar-refractivity contribution in [3.8, 4) is 17.3 Å². The maximum absolute atomic E-state index is 12.4. The van der Waals surface area contributed by atoms with Crippen molar-refractivity contribution in [1.82, 2.24) is 25.0 Å². The van der Waals surface area contributed by atoms with Crippen LogP contribution in [0.2, 0.25) is 0 Å². The highest BCUT2D eigenvalue weighted by Gasteiger charge is 2.25. The standard InChI is InChI=1S/C20H19N7O/c21-12-14-9-11-23-25-20(14)24-16-3-5-17(6-4-16)27-19(28)8-7-18(26-27)15-2-1-10-22-13-15/h1-2,7-11,13,16-17H,3-6H2,(H,24,25). The highest BCUT2D eigenvalue weighted by atomic mass is 16.1. The molecule has 0 amide bonds. The molecule has 3 aromatic heterocycles. The van der Waals surface area contributed by atoms with Crippen LogP contribution >= 0.6 is 0 Å². The third kappa shape index (κ3) is 3.74. The van der Waals surface area contributed by atoms with E-state index in [2.05, 4.69) is 31.7 Å². The summed E-state index contributed by atoms with van der Waals surface area (Å²) < 4.78 is 1.60. The van der Waals surface area contributed by atoms with Crippen molar-refractivity contribution in [3.05, 3.63) is 64.8 Å². The molecule has 0 radical (unpaired) electrons. The first-order valence-electron chi connectivity index (χ1n) is 9.23. The topological polar surface area (TPSA) is 109 Å². The van der Waals surface area contributed by atoms with E-state index in [0.717, 1.165) is 36.9 Å². The Kier molecular flexibility index (Phi) is 5.06. The van der Waals surface area contributed by atoms with Gasteiger partial charge in [-0.15, -0.1) is 5.10 Å². The van der Waals surface area contributed by atoms with Crippen LogP contribution < -0.4 is 10.9 Å². The summed E-state index contributed by atoms with van der Waals surface area (Å²) in [5.41, 5.74) is 2.02. The summed E-state index contributed by atoms with van der Waals surface area (Å²) in [5.74, 6) is 0.516. The van der Waals surface area contributed by atoms with Gasteiger partial charge < -0.3 is 5.32 Å². The number of aromatic nitrogens is 5. The molecule has 0 aromatic carbocycles. The van der Waals surface area contributed by atoms with Gasteiger partial charge >= 0.3 is 0 Å². The minimum absolute atomic E-state index is 0.0551.